The maximum absolute atomic E-state index is 13.6. The average molecular weight is 626 g/mol. The van der Waals surface area contributed by atoms with Gasteiger partial charge in [-0.25, -0.2) is 8.78 Å². The predicted molar refractivity (Wildman–Crippen MR) is 167 cm³/mol. The lowest BCUT2D eigenvalue weighted by atomic mass is 9.90. The number of nitrogens with one attached hydrogen (secondary N) is 1. The van der Waals surface area contributed by atoms with E-state index < -0.39 is 17.7 Å². The molecular weight excluding hydrogens is 585 g/mol. The number of nitrogens with zero attached hydrogens (tertiary/aromatic N) is 2. The highest BCUT2D eigenvalue weighted by Crippen LogP contribution is 2.32. The molecule has 9 heteroatoms. The van der Waals surface area contributed by atoms with Gasteiger partial charge in [-0.3, -0.25) is 14.6 Å². The van der Waals surface area contributed by atoms with Gasteiger partial charge in [0.2, 0.25) is 0 Å². The number of hydrogen-bond donors (Lipinski definition) is 1. The molecule has 2 aliphatic rings. The molecule has 0 spiro atoms. The average Bonchev–Trinajstić information content (AvgIpc) is 2.99. The summed E-state index contributed by atoms with van der Waals surface area (Å²) in [6, 6.07) is 17.7. The molecule has 4 nitrogen and oxygen atoms in total. The maximum atomic E-state index is 13.6. The molecule has 0 unspecified atom stereocenters. The van der Waals surface area contributed by atoms with Crippen molar-refractivity contribution in [3.05, 3.63) is 111 Å². The van der Waals surface area contributed by atoms with Crippen molar-refractivity contribution in [3.8, 4) is 0 Å². The molecule has 0 radical (unpaired) electrons. The van der Waals surface area contributed by atoms with Crippen molar-refractivity contribution in [1.82, 2.24) is 15.1 Å². The summed E-state index contributed by atoms with van der Waals surface area (Å²) in [6.45, 7) is 9.39. The van der Waals surface area contributed by atoms with Crippen LogP contribution in [0.3, 0.4) is 0 Å². The Hall–Kier alpha value is -3.56. The van der Waals surface area contributed by atoms with Gasteiger partial charge in [0.15, 0.2) is 0 Å². The highest BCUT2D eigenvalue weighted by atomic mass is 19.4. The molecule has 0 saturated carbocycles. The number of carbonyl (C=O) groups excluding carboxylic acids is 1. The van der Waals surface area contributed by atoms with Gasteiger partial charge in [-0.1, -0.05) is 48.0 Å². The number of likely N-dealkylation sites (tertiary alicyclic amines) is 1. The van der Waals surface area contributed by atoms with Crippen LogP contribution in [0, 0.1) is 6.92 Å². The van der Waals surface area contributed by atoms with Crippen molar-refractivity contribution < 1.29 is 26.7 Å². The second-order valence-corrected chi connectivity index (χ2v) is 12.6. The van der Waals surface area contributed by atoms with Gasteiger partial charge in [-0.15, -0.1) is 0 Å². The number of hydrogen-bond acceptors (Lipinski definition) is 3. The van der Waals surface area contributed by atoms with Crippen LogP contribution >= 0.6 is 0 Å². The minimum atomic E-state index is -4.34. The first-order chi connectivity index (χ1) is 21.3. The Morgan fingerprint density at radius 3 is 1.96 bits per heavy atom. The normalized spacial score (nSPS) is 17.5. The number of carbonyl (C=O) groups is 1. The van der Waals surface area contributed by atoms with E-state index in [9.17, 15) is 26.7 Å². The summed E-state index contributed by atoms with van der Waals surface area (Å²) in [4.78, 5) is 17.8. The zero-order valence-electron chi connectivity index (χ0n) is 26.0. The van der Waals surface area contributed by atoms with E-state index in [1.54, 1.807) is 12.1 Å². The summed E-state index contributed by atoms with van der Waals surface area (Å²) in [5.41, 5.74) is 6.42. The number of amides is 1. The molecule has 1 amide bonds. The van der Waals surface area contributed by atoms with Gasteiger partial charge in [0.25, 0.3) is 11.8 Å². The lowest BCUT2D eigenvalue weighted by Crippen LogP contribution is -2.44. The summed E-state index contributed by atoms with van der Waals surface area (Å²) < 4.78 is 65.9. The number of rotatable bonds is 8. The molecule has 0 atom stereocenters. The lowest BCUT2D eigenvalue weighted by Gasteiger charge is -2.32. The number of alkyl halides is 5. The Bertz CT molecular complexity index is 1520. The third-order valence-electron chi connectivity index (χ3n) is 9.00. The molecule has 3 aromatic rings. The predicted octanol–water partition coefficient (Wildman–Crippen LogP) is 8.20. The van der Waals surface area contributed by atoms with E-state index in [4.69, 9.17) is 0 Å². The van der Waals surface area contributed by atoms with Crippen LogP contribution in [0.25, 0.3) is 5.57 Å². The van der Waals surface area contributed by atoms with E-state index in [2.05, 4.69) is 22.0 Å². The molecule has 1 fully saturated rings. The van der Waals surface area contributed by atoms with Gasteiger partial charge >= 0.3 is 6.18 Å². The summed E-state index contributed by atoms with van der Waals surface area (Å²) >= 11 is 0. The minimum absolute atomic E-state index is 0.00995. The molecule has 1 N–H and O–H groups in total. The molecule has 2 aliphatic heterocycles. The minimum Gasteiger partial charge on any atom is -0.349 e. The number of halogens is 5. The van der Waals surface area contributed by atoms with Crippen molar-refractivity contribution in [2.75, 3.05) is 26.2 Å². The fourth-order valence-electron chi connectivity index (χ4n) is 6.18. The molecule has 3 aromatic carbocycles. The fourth-order valence-corrected chi connectivity index (χ4v) is 6.18. The fraction of sp³-hybridized carbons (Fsp3) is 0.417. The van der Waals surface area contributed by atoms with Crippen molar-refractivity contribution in [2.45, 2.75) is 71.3 Å². The first kappa shape index (κ1) is 32.8. The van der Waals surface area contributed by atoms with Crippen LogP contribution in [0.5, 0.6) is 0 Å². The van der Waals surface area contributed by atoms with Crippen LogP contribution in [0.15, 0.2) is 72.3 Å². The first-order valence-corrected chi connectivity index (χ1v) is 15.4. The largest absolute Gasteiger partial charge is 0.416 e. The van der Waals surface area contributed by atoms with E-state index in [0.717, 1.165) is 80.2 Å². The molecule has 2 heterocycles. The van der Waals surface area contributed by atoms with Crippen molar-refractivity contribution in [2.24, 2.45) is 0 Å². The van der Waals surface area contributed by atoms with E-state index in [1.807, 2.05) is 25.1 Å². The third kappa shape index (κ3) is 8.38. The monoisotopic (exact) mass is 625 g/mol. The van der Waals surface area contributed by atoms with Gasteiger partial charge < -0.3 is 5.32 Å². The Morgan fingerprint density at radius 1 is 0.800 bits per heavy atom. The Kier molecular flexibility index (Phi) is 9.80. The SMILES string of the molecule is CC1=C(c2cc(C(=O)NC3CCN(Cc4ccc(C(F)(F)F)cc4)CC3)ccc2C)CN(Cc2ccc(C(C)(F)F)cc2)CC1. The van der Waals surface area contributed by atoms with Crippen LogP contribution in [0.1, 0.15) is 76.8 Å². The number of aryl methyl sites for hydroxylation is 1. The standard InChI is InChI=1S/C36H40F5N3O/c1-24-4-9-28(34(45)42-31-15-18-43(19-16-31)21-26-7-12-30(13-8-26)36(39,40)41)20-32(24)33-23-44(17-14-25(33)2)22-27-5-10-29(11-6-27)35(3,37)38/h4-13,20,31H,14-19,21-23H2,1-3H3,(H,42,45). The second kappa shape index (κ2) is 13.4. The summed E-state index contributed by atoms with van der Waals surface area (Å²) in [6.07, 6.45) is -1.92. The van der Waals surface area contributed by atoms with Crippen LogP contribution in [-0.2, 0) is 25.2 Å². The van der Waals surface area contributed by atoms with Gasteiger partial charge in [0, 0.05) is 63.4 Å². The van der Waals surface area contributed by atoms with E-state index >= 15 is 0 Å². The number of piperidine rings is 1. The highest BCUT2D eigenvalue weighted by molar-refractivity contribution is 5.95. The zero-order chi connectivity index (χ0) is 32.4. The Morgan fingerprint density at radius 2 is 1.38 bits per heavy atom. The van der Waals surface area contributed by atoms with Crippen LogP contribution in [0.2, 0.25) is 0 Å². The van der Waals surface area contributed by atoms with Gasteiger partial charge in [0.1, 0.15) is 0 Å². The quantitative estimate of drug-likeness (QED) is 0.257. The second-order valence-electron chi connectivity index (χ2n) is 12.6. The van der Waals surface area contributed by atoms with E-state index in [1.165, 1.54) is 35.4 Å². The topological polar surface area (TPSA) is 35.6 Å². The van der Waals surface area contributed by atoms with Crippen LogP contribution in [-0.4, -0.2) is 47.9 Å². The zero-order valence-corrected chi connectivity index (χ0v) is 26.0. The molecule has 1 saturated heterocycles. The maximum Gasteiger partial charge on any atom is 0.416 e. The van der Waals surface area contributed by atoms with Crippen LogP contribution < -0.4 is 5.32 Å². The molecule has 0 aliphatic carbocycles. The highest BCUT2D eigenvalue weighted by Gasteiger charge is 2.30. The molecule has 45 heavy (non-hydrogen) atoms. The number of benzene rings is 3. The molecule has 5 rings (SSSR count). The molecular formula is C36H40F5N3O. The molecule has 0 aromatic heterocycles. The smallest absolute Gasteiger partial charge is 0.349 e. The van der Waals surface area contributed by atoms with Crippen molar-refractivity contribution in [3.63, 3.8) is 0 Å². The van der Waals surface area contributed by atoms with Gasteiger partial charge in [-0.05, 0) is 85.2 Å². The van der Waals surface area contributed by atoms with Crippen LogP contribution in [0.4, 0.5) is 22.0 Å². The third-order valence-corrected chi connectivity index (χ3v) is 9.00. The van der Waals surface area contributed by atoms with E-state index in [-0.39, 0.29) is 17.5 Å². The summed E-state index contributed by atoms with van der Waals surface area (Å²) in [7, 11) is 0. The summed E-state index contributed by atoms with van der Waals surface area (Å²) in [5, 5.41) is 3.19. The van der Waals surface area contributed by atoms with Gasteiger partial charge in [-0.2, -0.15) is 13.2 Å². The van der Waals surface area contributed by atoms with Crippen molar-refractivity contribution >= 4 is 11.5 Å². The Labute approximate surface area is 261 Å². The lowest BCUT2D eigenvalue weighted by molar-refractivity contribution is -0.137. The Balaban J connectivity index is 1.17. The molecule has 240 valence electrons. The van der Waals surface area contributed by atoms with Gasteiger partial charge in [0.05, 0.1) is 5.56 Å². The summed E-state index contributed by atoms with van der Waals surface area (Å²) in [5.74, 6) is -2.97. The van der Waals surface area contributed by atoms with E-state index in [0.29, 0.717) is 25.2 Å². The molecule has 0 bridgehead atoms. The van der Waals surface area contributed by atoms with Crippen molar-refractivity contribution in [1.29, 1.82) is 0 Å². The first-order valence-electron chi connectivity index (χ1n) is 15.4.